The summed E-state index contributed by atoms with van der Waals surface area (Å²) in [7, 11) is 1.48. The quantitative estimate of drug-likeness (QED) is 0.388. The largest absolute Gasteiger partial charge is 0.467 e. The average molecular weight is 254 g/mol. The number of methoxy groups -OCH3 is 1. The number of nitrogens with two attached hydrogens (primary N) is 1. The molecular formula is C10H18N6O2. The first-order chi connectivity index (χ1) is 8.71. The highest BCUT2D eigenvalue weighted by Crippen LogP contribution is 2.48. The maximum atomic E-state index is 8.99. The second-order valence-corrected chi connectivity index (χ2v) is 4.44. The lowest BCUT2D eigenvalue weighted by molar-refractivity contribution is 0.253. The van der Waals surface area contributed by atoms with Gasteiger partial charge in [0.25, 0.3) is 0 Å². The second-order valence-electron chi connectivity index (χ2n) is 4.44. The molecule has 100 valence electrons. The molecule has 1 aliphatic carbocycles. The van der Waals surface area contributed by atoms with Gasteiger partial charge in [0.2, 0.25) is 11.9 Å². The molecule has 1 aromatic rings. The first kappa shape index (κ1) is 12.8. The van der Waals surface area contributed by atoms with Crippen molar-refractivity contribution in [1.82, 2.24) is 15.0 Å². The molecule has 2 rings (SSSR count). The Morgan fingerprint density at radius 3 is 2.61 bits per heavy atom. The van der Waals surface area contributed by atoms with Gasteiger partial charge in [-0.25, -0.2) is 5.84 Å². The van der Waals surface area contributed by atoms with Crippen LogP contribution in [0.15, 0.2) is 0 Å². The number of anilines is 2. The molecule has 0 atom stereocenters. The summed E-state index contributed by atoms with van der Waals surface area (Å²) in [5, 5.41) is 12.1. The Morgan fingerprint density at radius 1 is 1.33 bits per heavy atom. The molecule has 18 heavy (non-hydrogen) atoms. The number of aliphatic hydroxyl groups is 1. The molecule has 0 aliphatic heterocycles. The van der Waals surface area contributed by atoms with Crippen molar-refractivity contribution in [3.8, 4) is 6.01 Å². The van der Waals surface area contributed by atoms with Crippen LogP contribution in [-0.2, 0) is 0 Å². The smallest absolute Gasteiger partial charge is 0.322 e. The molecule has 0 aromatic carbocycles. The molecule has 0 saturated heterocycles. The molecular weight excluding hydrogens is 236 g/mol. The van der Waals surface area contributed by atoms with Gasteiger partial charge in [-0.15, -0.1) is 0 Å². The molecule has 0 bridgehead atoms. The third-order valence-corrected chi connectivity index (χ3v) is 3.15. The van der Waals surface area contributed by atoms with Gasteiger partial charge in [-0.3, -0.25) is 5.43 Å². The predicted molar refractivity (Wildman–Crippen MR) is 66.0 cm³/mol. The normalized spacial score (nSPS) is 16.2. The highest BCUT2D eigenvalue weighted by molar-refractivity contribution is 5.35. The molecule has 0 amide bonds. The summed E-state index contributed by atoms with van der Waals surface area (Å²) in [5.41, 5.74) is 2.54. The number of ether oxygens (including phenoxy) is 1. The molecule has 8 nitrogen and oxygen atoms in total. The number of nitrogens with one attached hydrogen (secondary N) is 2. The topological polar surface area (TPSA) is 118 Å². The molecule has 1 heterocycles. The van der Waals surface area contributed by atoms with Gasteiger partial charge in [-0.05, 0) is 24.7 Å². The number of hydrogen-bond donors (Lipinski definition) is 4. The Balaban J connectivity index is 2.00. The molecule has 8 heteroatoms. The molecule has 1 fully saturated rings. The molecule has 0 spiro atoms. The van der Waals surface area contributed by atoms with Crippen molar-refractivity contribution < 1.29 is 9.84 Å². The van der Waals surface area contributed by atoms with Crippen molar-refractivity contribution in [1.29, 1.82) is 0 Å². The molecule has 5 N–H and O–H groups in total. The van der Waals surface area contributed by atoms with Gasteiger partial charge in [0.15, 0.2) is 0 Å². The van der Waals surface area contributed by atoms with E-state index in [9.17, 15) is 0 Å². The van der Waals surface area contributed by atoms with Crippen molar-refractivity contribution in [3.05, 3.63) is 0 Å². The fourth-order valence-corrected chi connectivity index (χ4v) is 1.79. The second kappa shape index (κ2) is 5.32. The van der Waals surface area contributed by atoms with Crippen LogP contribution in [0.4, 0.5) is 11.9 Å². The van der Waals surface area contributed by atoms with Gasteiger partial charge in [0, 0.05) is 13.2 Å². The van der Waals surface area contributed by atoms with Gasteiger partial charge in [0.05, 0.1) is 7.11 Å². The average Bonchev–Trinajstić information content (AvgIpc) is 3.16. The number of hydrogen-bond acceptors (Lipinski definition) is 8. The number of nitrogens with zero attached hydrogens (tertiary/aromatic N) is 3. The fraction of sp³-hybridized carbons (Fsp3) is 0.700. The lowest BCUT2D eigenvalue weighted by Gasteiger charge is -2.14. The van der Waals surface area contributed by atoms with Crippen LogP contribution < -0.4 is 21.3 Å². The van der Waals surface area contributed by atoms with Gasteiger partial charge in [-0.1, -0.05) is 0 Å². The maximum absolute atomic E-state index is 8.99. The van der Waals surface area contributed by atoms with E-state index in [1.165, 1.54) is 7.11 Å². The third-order valence-electron chi connectivity index (χ3n) is 3.15. The van der Waals surface area contributed by atoms with Crippen LogP contribution in [0.2, 0.25) is 0 Å². The van der Waals surface area contributed by atoms with Gasteiger partial charge in [-0.2, -0.15) is 15.0 Å². The standard InChI is InChI=1S/C10H18N6O2/c1-18-9-14-7(13-8(15-9)16-11)12-6-10(2-3-10)4-5-17/h17H,2-6,11H2,1H3,(H2,12,13,14,15,16). The zero-order valence-corrected chi connectivity index (χ0v) is 10.3. The van der Waals surface area contributed by atoms with Gasteiger partial charge in [0.1, 0.15) is 0 Å². The van der Waals surface area contributed by atoms with E-state index >= 15 is 0 Å². The van der Waals surface area contributed by atoms with Crippen molar-refractivity contribution in [2.45, 2.75) is 19.3 Å². The minimum Gasteiger partial charge on any atom is -0.467 e. The summed E-state index contributed by atoms with van der Waals surface area (Å²) in [4.78, 5) is 12.1. The van der Waals surface area contributed by atoms with Crippen LogP contribution >= 0.6 is 0 Å². The monoisotopic (exact) mass is 254 g/mol. The Bertz CT molecular complexity index is 387. The molecule has 0 radical (unpaired) electrons. The summed E-state index contributed by atoms with van der Waals surface area (Å²) in [6, 6.07) is 0.201. The van der Waals surface area contributed by atoms with Crippen LogP contribution in [0.5, 0.6) is 6.01 Å². The van der Waals surface area contributed by atoms with E-state index in [0.29, 0.717) is 5.95 Å². The Labute approximate surface area is 105 Å². The zero-order valence-electron chi connectivity index (χ0n) is 10.3. The van der Waals surface area contributed by atoms with E-state index < -0.39 is 0 Å². The van der Waals surface area contributed by atoms with Crippen molar-refractivity contribution in [2.75, 3.05) is 31.0 Å². The van der Waals surface area contributed by atoms with E-state index in [-0.39, 0.29) is 24.0 Å². The van der Waals surface area contributed by atoms with Crippen LogP contribution in [-0.4, -0.2) is 40.3 Å². The van der Waals surface area contributed by atoms with Crippen molar-refractivity contribution >= 4 is 11.9 Å². The first-order valence-electron chi connectivity index (χ1n) is 5.83. The number of aliphatic hydroxyl groups excluding tert-OH is 1. The Morgan fingerprint density at radius 2 is 2.06 bits per heavy atom. The Hall–Kier alpha value is -1.67. The van der Waals surface area contributed by atoms with Gasteiger partial charge >= 0.3 is 6.01 Å². The molecule has 0 unspecified atom stereocenters. The van der Waals surface area contributed by atoms with E-state index in [2.05, 4.69) is 25.7 Å². The summed E-state index contributed by atoms with van der Waals surface area (Å²) in [6.07, 6.45) is 3.03. The van der Waals surface area contributed by atoms with Crippen LogP contribution in [0.25, 0.3) is 0 Å². The fourth-order valence-electron chi connectivity index (χ4n) is 1.79. The maximum Gasteiger partial charge on any atom is 0.322 e. The summed E-state index contributed by atoms with van der Waals surface area (Å²) >= 11 is 0. The van der Waals surface area contributed by atoms with Crippen LogP contribution in [0.3, 0.4) is 0 Å². The number of hydrazine groups is 1. The van der Waals surface area contributed by atoms with E-state index in [1.54, 1.807) is 0 Å². The summed E-state index contributed by atoms with van der Waals surface area (Å²) in [5.74, 6) is 5.93. The Kier molecular flexibility index (Phi) is 3.78. The lowest BCUT2D eigenvalue weighted by Crippen LogP contribution is -2.19. The number of nitrogen functional groups attached to an aromatic ring is 1. The highest BCUT2D eigenvalue weighted by Gasteiger charge is 2.41. The highest BCUT2D eigenvalue weighted by atomic mass is 16.5. The van der Waals surface area contributed by atoms with Crippen LogP contribution in [0, 0.1) is 5.41 Å². The predicted octanol–water partition coefficient (Wildman–Crippen LogP) is -0.260. The molecule has 1 saturated carbocycles. The van der Waals surface area contributed by atoms with Crippen molar-refractivity contribution in [2.24, 2.45) is 11.3 Å². The van der Waals surface area contributed by atoms with E-state index in [0.717, 1.165) is 25.8 Å². The molecule has 1 aliphatic rings. The van der Waals surface area contributed by atoms with E-state index in [4.69, 9.17) is 15.7 Å². The van der Waals surface area contributed by atoms with Crippen LogP contribution in [0.1, 0.15) is 19.3 Å². The van der Waals surface area contributed by atoms with Crippen molar-refractivity contribution in [3.63, 3.8) is 0 Å². The molecule has 1 aromatic heterocycles. The summed E-state index contributed by atoms with van der Waals surface area (Å²) in [6.45, 7) is 0.933. The third kappa shape index (κ3) is 2.96. The number of aromatic nitrogens is 3. The zero-order chi connectivity index (χ0) is 13.0. The number of rotatable bonds is 7. The lowest BCUT2D eigenvalue weighted by atomic mass is 10.0. The minimum atomic E-state index is 0.185. The SMILES string of the molecule is COc1nc(NN)nc(NCC2(CCO)CC2)n1. The van der Waals surface area contributed by atoms with E-state index in [1.807, 2.05) is 0 Å². The minimum absolute atomic E-state index is 0.185. The van der Waals surface area contributed by atoms with Gasteiger partial charge < -0.3 is 15.2 Å². The summed E-state index contributed by atoms with van der Waals surface area (Å²) < 4.78 is 4.95. The first-order valence-corrected chi connectivity index (χ1v) is 5.83.